The van der Waals surface area contributed by atoms with E-state index < -0.39 is 0 Å². The standard InChI is InChI=1S/C16H18FNO/c1-12-6-7-13(2)16(10-12)19-9-8-18-15-5-3-4-14(17)11-15/h3-7,10-11,18H,8-9H2,1-2H3. The Morgan fingerprint density at radius 2 is 1.95 bits per heavy atom. The number of halogens is 1. The summed E-state index contributed by atoms with van der Waals surface area (Å²) in [7, 11) is 0. The average Bonchev–Trinajstić information content (AvgIpc) is 2.39. The zero-order valence-corrected chi connectivity index (χ0v) is 11.2. The molecular formula is C16H18FNO. The molecule has 0 aliphatic heterocycles. The fraction of sp³-hybridized carbons (Fsp3) is 0.250. The van der Waals surface area contributed by atoms with Gasteiger partial charge in [-0.15, -0.1) is 0 Å². The SMILES string of the molecule is Cc1ccc(C)c(OCCNc2cccc(F)c2)c1. The van der Waals surface area contributed by atoms with Gasteiger partial charge in [-0.25, -0.2) is 4.39 Å². The van der Waals surface area contributed by atoms with Crippen LogP contribution in [0.5, 0.6) is 5.75 Å². The van der Waals surface area contributed by atoms with E-state index in [1.807, 2.05) is 32.0 Å². The summed E-state index contributed by atoms with van der Waals surface area (Å²) in [5, 5.41) is 3.12. The summed E-state index contributed by atoms with van der Waals surface area (Å²) in [6.07, 6.45) is 0. The third-order valence-corrected chi connectivity index (χ3v) is 2.86. The van der Waals surface area contributed by atoms with Crippen LogP contribution >= 0.6 is 0 Å². The fourth-order valence-electron chi connectivity index (χ4n) is 1.82. The van der Waals surface area contributed by atoms with E-state index in [1.165, 1.54) is 17.7 Å². The third kappa shape index (κ3) is 3.98. The van der Waals surface area contributed by atoms with Gasteiger partial charge in [0.25, 0.3) is 0 Å². The molecule has 0 saturated heterocycles. The molecule has 2 aromatic carbocycles. The molecular weight excluding hydrogens is 241 g/mol. The minimum atomic E-state index is -0.236. The van der Waals surface area contributed by atoms with Crippen molar-refractivity contribution in [3.63, 3.8) is 0 Å². The zero-order valence-electron chi connectivity index (χ0n) is 11.2. The largest absolute Gasteiger partial charge is 0.491 e. The molecule has 0 bridgehead atoms. The van der Waals surface area contributed by atoms with Gasteiger partial charge < -0.3 is 10.1 Å². The van der Waals surface area contributed by atoms with Crippen molar-refractivity contribution < 1.29 is 9.13 Å². The van der Waals surface area contributed by atoms with Gasteiger partial charge in [0.2, 0.25) is 0 Å². The van der Waals surface area contributed by atoms with Gasteiger partial charge in [-0.2, -0.15) is 0 Å². The van der Waals surface area contributed by atoms with Crippen molar-refractivity contribution in [2.45, 2.75) is 13.8 Å². The highest BCUT2D eigenvalue weighted by molar-refractivity contribution is 5.43. The molecule has 0 unspecified atom stereocenters. The molecule has 1 N–H and O–H groups in total. The predicted molar refractivity (Wildman–Crippen MR) is 76.3 cm³/mol. The second-order valence-electron chi connectivity index (χ2n) is 4.55. The van der Waals surface area contributed by atoms with Crippen LogP contribution in [0.15, 0.2) is 42.5 Å². The van der Waals surface area contributed by atoms with Crippen LogP contribution in [-0.4, -0.2) is 13.2 Å². The van der Waals surface area contributed by atoms with Gasteiger partial charge in [0, 0.05) is 12.2 Å². The molecule has 19 heavy (non-hydrogen) atoms. The smallest absolute Gasteiger partial charge is 0.125 e. The van der Waals surface area contributed by atoms with Crippen LogP contribution in [-0.2, 0) is 0 Å². The van der Waals surface area contributed by atoms with E-state index >= 15 is 0 Å². The van der Waals surface area contributed by atoms with Gasteiger partial charge in [0.15, 0.2) is 0 Å². The summed E-state index contributed by atoms with van der Waals surface area (Å²) in [5.41, 5.74) is 3.07. The lowest BCUT2D eigenvalue weighted by atomic mass is 10.1. The predicted octanol–water partition coefficient (Wildman–Crippen LogP) is 3.93. The number of aryl methyl sites for hydroxylation is 2. The fourth-order valence-corrected chi connectivity index (χ4v) is 1.82. The third-order valence-electron chi connectivity index (χ3n) is 2.86. The highest BCUT2D eigenvalue weighted by Gasteiger charge is 2.00. The quantitative estimate of drug-likeness (QED) is 0.821. The van der Waals surface area contributed by atoms with Crippen LogP contribution in [0, 0.1) is 19.7 Å². The van der Waals surface area contributed by atoms with Crippen LogP contribution in [0.3, 0.4) is 0 Å². The van der Waals surface area contributed by atoms with Gasteiger partial charge in [-0.05, 0) is 49.2 Å². The topological polar surface area (TPSA) is 21.3 Å². The maximum Gasteiger partial charge on any atom is 0.125 e. The normalized spacial score (nSPS) is 10.3. The molecule has 0 fully saturated rings. The molecule has 100 valence electrons. The lowest BCUT2D eigenvalue weighted by Crippen LogP contribution is -2.12. The maximum absolute atomic E-state index is 13.0. The Hall–Kier alpha value is -2.03. The number of ether oxygens (including phenoxy) is 1. The molecule has 0 radical (unpaired) electrons. The molecule has 0 aliphatic rings. The second kappa shape index (κ2) is 6.23. The summed E-state index contributed by atoms with van der Waals surface area (Å²) in [4.78, 5) is 0. The second-order valence-corrected chi connectivity index (χ2v) is 4.55. The van der Waals surface area contributed by atoms with E-state index in [0.717, 1.165) is 17.0 Å². The van der Waals surface area contributed by atoms with Crippen molar-refractivity contribution in [2.75, 3.05) is 18.5 Å². The van der Waals surface area contributed by atoms with E-state index in [-0.39, 0.29) is 5.82 Å². The van der Waals surface area contributed by atoms with E-state index in [1.54, 1.807) is 6.07 Å². The maximum atomic E-state index is 13.0. The minimum Gasteiger partial charge on any atom is -0.491 e. The van der Waals surface area contributed by atoms with Crippen molar-refractivity contribution in [3.05, 3.63) is 59.4 Å². The molecule has 0 aromatic heterocycles. The highest BCUT2D eigenvalue weighted by atomic mass is 19.1. The van der Waals surface area contributed by atoms with Crippen LogP contribution < -0.4 is 10.1 Å². The Balaban J connectivity index is 1.82. The summed E-state index contributed by atoms with van der Waals surface area (Å²) in [5.74, 6) is 0.668. The average molecular weight is 259 g/mol. The van der Waals surface area contributed by atoms with Crippen molar-refractivity contribution in [1.82, 2.24) is 0 Å². The highest BCUT2D eigenvalue weighted by Crippen LogP contribution is 2.18. The summed E-state index contributed by atoms with van der Waals surface area (Å²) in [6, 6.07) is 12.6. The number of rotatable bonds is 5. The van der Waals surface area contributed by atoms with Gasteiger partial charge in [-0.1, -0.05) is 18.2 Å². The number of hydrogen-bond donors (Lipinski definition) is 1. The summed E-state index contributed by atoms with van der Waals surface area (Å²) < 4.78 is 18.7. The molecule has 2 aromatic rings. The van der Waals surface area contributed by atoms with E-state index in [0.29, 0.717) is 13.2 Å². The first kappa shape index (κ1) is 13.4. The van der Waals surface area contributed by atoms with Gasteiger partial charge in [0.1, 0.15) is 18.2 Å². The number of nitrogens with one attached hydrogen (secondary N) is 1. The zero-order chi connectivity index (χ0) is 13.7. The molecule has 2 nitrogen and oxygen atoms in total. The first-order chi connectivity index (χ1) is 9.15. The molecule has 0 atom stereocenters. The molecule has 0 amide bonds. The van der Waals surface area contributed by atoms with Gasteiger partial charge >= 0.3 is 0 Å². The van der Waals surface area contributed by atoms with Gasteiger partial charge in [0.05, 0.1) is 0 Å². The molecule has 3 heteroatoms. The van der Waals surface area contributed by atoms with E-state index in [9.17, 15) is 4.39 Å². The molecule has 0 saturated carbocycles. The van der Waals surface area contributed by atoms with Crippen LogP contribution in [0.1, 0.15) is 11.1 Å². The Labute approximate surface area is 113 Å². The Bertz CT molecular complexity index is 554. The van der Waals surface area contributed by atoms with Gasteiger partial charge in [-0.3, -0.25) is 0 Å². The van der Waals surface area contributed by atoms with Crippen molar-refractivity contribution in [3.8, 4) is 5.75 Å². The molecule has 0 heterocycles. The first-order valence-electron chi connectivity index (χ1n) is 6.34. The summed E-state index contributed by atoms with van der Waals surface area (Å²) in [6.45, 7) is 5.24. The number of benzene rings is 2. The first-order valence-corrected chi connectivity index (χ1v) is 6.34. The summed E-state index contributed by atoms with van der Waals surface area (Å²) >= 11 is 0. The van der Waals surface area contributed by atoms with E-state index in [2.05, 4.69) is 11.4 Å². The Morgan fingerprint density at radius 1 is 1.11 bits per heavy atom. The Morgan fingerprint density at radius 3 is 2.74 bits per heavy atom. The lowest BCUT2D eigenvalue weighted by Gasteiger charge is -2.11. The monoisotopic (exact) mass is 259 g/mol. The number of hydrogen-bond acceptors (Lipinski definition) is 2. The molecule has 0 aliphatic carbocycles. The van der Waals surface area contributed by atoms with Crippen molar-refractivity contribution in [1.29, 1.82) is 0 Å². The van der Waals surface area contributed by atoms with Crippen LogP contribution in [0.4, 0.5) is 10.1 Å². The van der Waals surface area contributed by atoms with E-state index in [4.69, 9.17) is 4.74 Å². The molecule has 0 spiro atoms. The van der Waals surface area contributed by atoms with Crippen molar-refractivity contribution >= 4 is 5.69 Å². The lowest BCUT2D eigenvalue weighted by molar-refractivity contribution is 0.330. The van der Waals surface area contributed by atoms with Crippen molar-refractivity contribution in [2.24, 2.45) is 0 Å². The minimum absolute atomic E-state index is 0.236. The van der Waals surface area contributed by atoms with Crippen LogP contribution in [0.25, 0.3) is 0 Å². The Kier molecular flexibility index (Phi) is 4.39. The number of anilines is 1. The van der Waals surface area contributed by atoms with Crippen LogP contribution in [0.2, 0.25) is 0 Å². The molecule has 2 rings (SSSR count).